The lowest BCUT2D eigenvalue weighted by molar-refractivity contribution is 0.447. The molecule has 0 aliphatic heterocycles. The molecule has 1 N–H and O–H groups in total. The Bertz CT molecular complexity index is 1060. The minimum absolute atomic E-state index is 0.0386. The maximum Gasteiger partial charge on any atom is 0.194 e. The number of phenols is 1. The van der Waals surface area contributed by atoms with Crippen molar-refractivity contribution < 1.29 is 18.3 Å². The van der Waals surface area contributed by atoms with Gasteiger partial charge in [0.2, 0.25) is 0 Å². The van der Waals surface area contributed by atoms with Crippen molar-refractivity contribution in [3.8, 4) is 5.75 Å². The van der Waals surface area contributed by atoms with Crippen molar-refractivity contribution >= 4 is 11.9 Å². The van der Waals surface area contributed by atoms with Gasteiger partial charge in [-0.25, -0.2) is 13.2 Å². The van der Waals surface area contributed by atoms with Gasteiger partial charge in [0.05, 0.1) is 5.69 Å². The molecule has 0 saturated carbocycles. The van der Waals surface area contributed by atoms with Gasteiger partial charge in [0.1, 0.15) is 5.75 Å². The highest BCUT2D eigenvalue weighted by atomic mass is 19.2. The van der Waals surface area contributed by atoms with Crippen LogP contribution in [0.15, 0.2) is 59.6 Å². The zero-order valence-corrected chi connectivity index (χ0v) is 17.4. The smallest absolute Gasteiger partial charge is 0.194 e. The van der Waals surface area contributed by atoms with Gasteiger partial charge in [0.25, 0.3) is 0 Å². The zero-order valence-electron chi connectivity index (χ0n) is 17.4. The number of aromatic hydroxyl groups is 1. The first-order chi connectivity index (χ1) is 14.1. The van der Waals surface area contributed by atoms with Crippen LogP contribution in [0.25, 0.3) is 0 Å². The third-order valence-electron chi connectivity index (χ3n) is 5.16. The molecule has 156 valence electrons. The molecule has 0 bridgehead atoms. The molecule has 0 aliphatic rings. The van der Waals surface area contributed by atoms with E-state index in [4.69, 9.17) is 0 Å². The van der Waals surface area contributed by atoms with E-state index in [1.807, 2.05) is 13.0 Å². The number of hydrogen-bond acceptors (Lipinski definition) is 2. The van der Waals surface area contributed by atoms with Crippen LogP contribution in [-0.4, -0.2) is 11.3 Å². The number of halogens is 3. The predicted octanol–water partition coefficient (Wildman–Crippen LogP) is 7.01. The summed E-state index contributed by atoms with van der Waals surface area (Å²) in [5.41, 5.74) is 3.36. The first-order valence-corrected chi connectivity index (χ1v) is 9.69. The van der Waals surface area contributed by atoms with Gasteiger partial charge >= 0.3 is 0 Å². The molecule has 5 heteroatoms. The highest BCUT2D eigenvalue weighted by Crippen LogP contribution is 2.34. The fourth-order valence-electron chi connectivity index (χ4n) is 3.25. The summed E-state index contributed by atoms with van der Waals surface area (Å²) in [6.07, 6.45) is 1.31. The number of rotatable bonds is 4. The molecular weight excluding hydrogens is 387 g/mol. The average Bonchev–Trinajstić information content (AvgIpc) is 2.70. The van der Waals surface area contributed by atoms with Crippen LogP contribution in [0.2, 0.25) is 0 Å². The summed E-state index contributed by atoms with van der Waals surface area (Å²) in [6, 6.07) is 15.1. The van der Waals surface area contributed by atoms with Crippen molar-refractivity contribution in [3.05, 3.63) is 94.3 Å². The molecule has 0 amide bonds. The van der Waals surface area contributed by atoms with Crippen molar-refractivity contribution in [2.24, 2.45) is 4.99 Å². The SMILES string of the molecule is CC(c1ccc(C(C)(C)C)cc1)c1cccc(C=Nc2cc(F)c(F)c(F)c2)c1O. The van der Waals surface area contributed by atoms with Gasteiger partial charge in [-0.2, -0.15) is 0 Å². The summed E-state index contributed by atoms with van der Waals surface area (Å²) < 4.78 is 39.8. The van der Waals surface area contributed by atoms with Crippen molar-refractivity contribution in [3.63, 3.8) is 0 Å². The second-order valence-electron chi connectivity index (χ2n) is 8.36. The van der Waals surface area contributed by atoms with Crippen LogP contribution in [-0.2, 0) is 5.41 Å². The molecule has 0 fully saturated rings. The molecule has 0 aromatic heterocycles. The largest absolute Gasteiger partial charge is 0.507 e. The molecule has 3 aromatic rings. The van der Waals surface area contributed by atoms with Gasteiger partial charge in [-0.15, -0.1) is 0 Å². The van der Waals surface area contributed by atoms with Gasteiger partial charge in [0, 0.05) is 35.4 Å². The molecule has 30 heavy (non-hydrogen) atoms. The summed E-state index contributed by atoms with van der Waals surface area (Å²) >= 11 is 0. The topological polar surface area (TPSA) is 32.6 Å². The normalized spacial score (nSPS) is 13.0. The zero-order chi connectivity index (χ0) is 22.1. The minimum atomic E-state index is -1.54. The Kier molecular flexibility index (Phi) is 6.01. The van der Waals surface area contributed by atoms with E-state index >= 15 is 0 Å². The highest BCUT2D eigenvalue weighted by Gasteiger charge is 2.17. The van der Waals surface area contributed by atoms with E-state index in [9.17, 15) is 18.3 Å². The Morgan fingerprint density at radius 2 is 1.53 bits per heavy atom. The third kappa shape index (κ3) is 4.56. The molecule has 0 radical (unpaired) electrons. The van der Waals surface area contributed by atoms with Crippen LogP contribution in [0.5, 0.6) is 5.75 Å². The summed E-state index contributed by atoms with van der Waals surface area (Å²) in [7, 11) is 0. The van der Waals surface area contributed by atoms with Gasteiger partial charge < -0.3 is 5.11 Å². The number of para-hydroxylation sites is 1. The molecule has 0 aliphatic carbocycles. The number of aliphatic imine (C=N–C) groups is 1. The van der Waals surface area contributed by atoms with E-state index in [-0.39, 0.29) is 22.8 Å². The van der Waals surface area contributed by atoms with Gasteiger partial charge in [0.15, 0.2) is 17.5 Å². The third-order valence-corrected chi connectivity index (χ3v) is 5.16. The number of phenolic OH excluding ortho intramolecular Hbond substituents is 1. The monoisotopic (exact) mass is 411 g/mol. The quantitative estimate of drug-likeness (QED) is 0.363. The molecule has 0 saturated heterocycles. The van der Waals surface area contributed by atoms with E-state index in [1.54, 1.807) is 12.1 Å². The second-order valence-corrected chi connectivity index (χ2v) is 8.36. The lowest BCUT2D eigenvalue weighted by Gasteiger charge is -2.21. The summed E-state index contributed by atoms with van der Waals surface area (Å²) in [6.45, 7) is 8.45. The van der Waals surface area contributed by atoms with Crippen molar-refractivity contribution in [2.75, 3.05) is 0 Å². The van der Waals surface area contributed by atoms with E-state index in [2.05, 4.69) is 50.0 Å². The van der Waals surface area contributed by atoms with Crippen LogP contribution in [0, 0.1) is 17.5 Å². The first-order valence-electron chi connectivity index (χ1n) is 9.69. The van der Waals surface area contributed by atoms with E-state index in [0.29, 0.717) is 11.1 Å². The Balaban J connectivity index is 1.89. The lowest BCUT2D eigenvalue weighted by Crippen LogP contribution is -2.11. The Morgan fingerprint density at radius 3 is 2.10 bits per heavy atom. The van der Waals surface area contributed by atoms with Crippen molar-refractivity contribution in [1.82, 2.24) is 0 Å². The van der Waals surface area contributed by atoms with E-state index in [1.165, 1.54) is 11.8 Å². The van der Waals surface area contributed by atoms with Gasteiger partial charge in [-0.3, -0.25) is 4.99 Å². The Morgan fingerprint density at radius 1 is 0.933 bits per heavy atom. The van der Waals surface area contributed by atoms with Crippen LogP contribution < -0.4 is 0 Å². The molecule has 1 atom stereocenters. The van der Waals surface area contributed by atoms with E-state index in [0.717, 1.165) is 17.7 Å². The summed E-state index contributed by atoms with van der Waals surface area (Å²) in [5, 5.41) is 10.7. The Hall–Kier alpha value is -3.08. The number of benzene rings is 3. The van der Waals surface area contributed by atoms with Crippen LogP contribution in [0.4, 0.5) is 18.9 Å². The molecular formula is C25H24F3NO. The lowest BCUT2D eigenvalue weighted by atomic mass is 9.84. The standard InChI is InChI=1S/C25H24F3NO/c1-15(16-8-10-18(11-9-16)25(2,3)4)20-7-5-6-17(24(20)30)14-29-19-12-21(26)23(28)22(27)13-19/h5-15,30H,1-4H3. The van der Waals surface area contributed by atoms with Crippen LogP contribution in [0.1, 0.15) is 55.9 Å². The van der Waals surface area contributed by atoms with E-state index < -0.39 is 17.5 Å². The minimum Gasteiger partial charge on any atom is -0.507 e. The Labute approximate surface area is 174 Å². The summed E-state index contributed by atoms with van der Waals surface area (Å²) in [4.78, 5) is 3.98. The molecule has 3 rings (SSSR count). The molecule has 3 aromatic carbocycles. The van der Waals surface area contributed by atoms with Gasteiger partial charge in [-0.1, -0.05) is 64.1 Å². The summed E-state index contributed by atoms with van der Waals surface area (Å²) in [5.74, 6) is -4.20. The molecule has 1 unspecified atom stereocenters. The fourth-order valence-corrected chi connectivity index (χ4v) is 3.25. The van der Waals surface area contributed by atoms with Crippen LogP contribution >= 0.6 is 0 Å². The maximum atomic E-state index is 13.4. The number of hydrogen-bond donors (Lipinski definition) is 1. The average molecular weight is 411 g/mol. The molecule has 0 heterocycles. The second kappa shape index (κ2) is 8.34. The van der Waals surface area contributed by atoms with Gasteiger partial charge in [-0.05, 0) is 22.6 Å². The molecule has 0 spiro atoms. The van der Waals surface area contributed by atoms with Crippen molar-refractivity contribution in [2.45, 2.75) is 39.0 Å². The fraction of sp³-hybridized carbons (Fsp3) is 0.240. The highest BCUT2D eigenvalue weighted by molar-refractivity contribution is 5.86. The maximum absolute atomic E-state index is 13.4. The number of nitrogens with zero attached hydrogens (tertiary/aromatic N) is 1. The predicted molar refractivity (Wildman–Crippen MR) is 114 cm³/mol. The van der Waals surface area contributed by atoms with Crippen molar-refractivity contribution in [1.29, 1.82) is 0 Å². The molecule has 2 nitrogen and oxygen atoms in total. The first kappa shape index (κ1) is 21.6. The van der Waals surface area contributed by atoms with Crippen LogP contribution in [0.3, 0.4) is 0 Å².